The second-order valence-electron chi connectivity index (χ2n) is 4.80. The summed E-state index contributed by atoms with van der Waals surface area (Å²) in [6, 6.07) is 8.63. The molecule has 0 saturated carbocycles. The molecular formula is C15H16N2OS. The van der Waals surface area contributed by atoms with E-state index in [1.54, 1.807) is 16.2 Å². The second-order valence-corrected chi connectivity index (χ2v) is 5.58. The van der Waals surface area contributed by atoms with Gasteiger partial charge >= 0.3 is 0 Å². The summed E-state index contributed by atoms with van der Waals surface area (Å²) in [5.74, 6) is 0.170. The van der Waals surface area contributed by atoms with Gasteiger partial charge in [0.05, 0.1) is 12.5 Å². The van der Waals surface area contributed by atoms with E-state index in [-0.39, 0.29) is 11.9 Å². The quantitative estimate of drug-likeness (QED) is 0.931. The molecule has 0 saturated heterocycles. The van der Waals surface area contributed by atoms with Gasteiger partial charge in [0.15, 0.2) is 0 Å². The summed E-state index contributed by atoms with van der Waals surface area (Å²) < 4.78 is 0. The van der Waals surface area contributed by atoms with Crippen molar-refractivity contribution in [2.75, 3.05) is 19.0 Å². The van der Waals surface area contributed by atoms with Gasteiger partial charge in [-0.2, -0.15) is 11.3 Å². The van der Waals surface area contributed by atoms with Gasteiger partial charge < -0.3 is 10.2 Å². The van der Waals surface area contributed by atoms with Crippen LogP contribution in [-0.4, -0.2) is 20.0 Å². The molecule has 2 aromatic rings. The van der Waals surface area contributed by atoms with Gasteiger partial charge in [-0.05, 0) is 46.6 Å². The molecule has 0 bridgehead atoms. The molecule has 0 radical (unpaired) electrons. The van der Waals surface area contributed by atoms with Crippen LogP contribution in [0, 0.1) is 0 Å². The Morgan fingerprint density at radius 1 is 1.32 bits per heavy atom. The first-order chi connectivity index (χ1) is 9.20. The lowest BCUT2D eigenvalue weighted by molar-refractivity contribution is -0.117. The normalized spacial score (nSPS) is 15.7. The zero-order valence-electron chi connectivity index (χ0n) is 11.0. The van der Waals surface area contributed by atoms with Gasteiger partial charge in [-0.1, -0.05) is 12.1 Å². The van der Waals surface area contributed by atoms with Gasteiger partial charge in [-0.25, -0.2) is 0 Å². The number of hydrogen-bond donors (Lipinski definition) is 1. The summed E-state index contributed by atoms with van der Waals surface area (Å²) >= 11 is 1.70. The monoisotopic (exact) mass is 272 g/mol. The van der Waals surface area contributed by atoms with Crippen molar-refractivity contribution in [3.8, 4) is 0 Å². The van der Waals surface area contributed by atoms with Crippen molar-refractivity contribution in [1.82, 2.24) is 5.32 Å². The molecule has 0 fully saturated rings. The van der Waals surface area contributed by atoms with Gasteiger partial charge in [-0.3, -0.25) is 4.79 Å². The fourth-order valence-corrected chi connectivity index (χ4v) is 3.32. The molecule has 3 rings (SSSR count). The van der Waals surface area contributed by atoms with Crippen LogP contribution in [0.3, 0.4) is 0 Å². The van der Waals surface area contributed by atoms with Gasteiger partial charge in [-0.15, -0.1) is 0 Å². The number of fused-ring (bicyclic) bond motifs is 1. The maximum absolute atomic E-state index is 11.7. The molecule has 19 heavy (non-hydrogen) atoms. The van der Waals surface area contributed by atoms with Crippen molar-refractivity contribution >= 4 is 22.9 Å². The van der Waals surface area contributed by atoms with Crippen LogP contribution in [-0.2, 0) is 11.2 Å². The Kier molecular flexibility index (Phi) is 3.12. The fraction of sp³-hybridized carbons (Fsp3) is 0.267. The molecule has 1 unspecified atom stereocenters. The zero-order chi connectivity index (χ0) is 13.4. The van der Waals surface area contributed by atoms with E-state index in [0.717, 1.165) is 11.3 Å². The van der Waals surface area contributed by atoms with Crippen LogP contribution in [0.25, 0.3) is 0 Å². The van der Waals surface area contributed by atoms with Crippen molar-refractivity contribution in [2.24, 2.45) is 0 Å². The molecule has 1 atom stereocenters. The van der Waals surface area contributed by atoms with Crippen LogP contribution in [0.1, 0.15) is 22.7 Å². The summed E-state index contributed by atoms with van der Waals surface area (Å²) in [5.41, 5.74) is 4.64. The molecule has 2 heterocycles. The molecule has 4 heteroatoms. The number of benzene rings is 1. The minimum atomic E-state index is 0.170. The summed E-state index contributed by atoms with van der Waals surface area (Å²) in [4.78, 5) is 13.5. The van der Waals surface area contributed by atoms with Crippen LogP contribution in [0.2, 0.25) is 0 Å². The molecule has 0 aliphatic carbocycles. The second kappa shape index (κ2) is 4.79. The van der Waals surface area contributed by atoms with Crippen LogP contribution >= 0.6 is 11.3 Å². The predicted octanol–water partition coefficient (Wildman–Crippen LogP) is 2.58. The molecular weight excluding hydrogens is 256 g/mol. The van der Waals surface area contributed by atoms with Gasteiger partial charge in [0.25, 0.3) is 0 Å². The van der Waals surface area contributed by atoms with E-state index in [4.69, 9.17) is 0 Å². The maximum atomic E-state index is 11.7. The number of anilines is 1. The van der Waals surface area contributed by atoms with E-state index >= 15 is 0 Å². The first-order valence-electron chi connectivity index (χ1n) is 6.29. The average Bonchev–Trinajstić information content (AvgIpc) is 3.01. The third-order valence-corrected chi connectivity index (χ3v) is 4.38. The van der Waals surface area contributed by atoms with Crippen LogP contribution < -0.4 is 10.2 Å². The Balaban J connectivity index is 1.99. The van der Waals surface area contributed by atoms with Crippen molar-refractivity contribution < 1.29 is 4.79 Å². The summed E-state index contributed by atoms with van der Waals surface area (Å²) in [7, 11) is 3.80. The highest BCUT2D eigenvalue weighted by Crippen LogP contribution is 2.32. The first kappa shape index (κ1) is 12.4. The largest absolute Gasteiger partial charge is 0.315 e. The van der Waals surface area contributed by atoms with Crippen LogP contribution in [0.5, 0.6) is 0 Å². The Morgan fingerprint density at radius 3 is 2.84 bits per heavy atom. The third kappa shape index (κ3) is 2.07. The molecule has 1 aliphatic heterocycles. The highest BCUT2D eigenvalue weighted by atomic mass is 32.1. The SMILES string of the molecule is CNC(c1ccsc1)c1ccc2c(c1)CC(=O)N2C. The van der Waals surface area contributed by atoms with Gasteiger partial charge in [0.2, 0.25) is 5.91 Å². The number of amides is 1. The lowest BCUT2D eigenvalue weighted by Crippen LogP contribution is -2.20. The van der Waals surface area contributed by atoms with Gasteiger partial charge in [0.1, 0.15) is 0 Å². The van der Waals surface area contributed by atoms with Crippen molar-refractivity contribution in [1.29, 1.82) is 0 Å². The highest BCUT2D eigenvalue weighted by Gasteiger charge is 2.25. The molecule has 3 nitrogen and oxygen atoms in total. The number of carbonyl (C=O) groups is 1. The Labute approximate surface area is 116 Å². The van der Waals surface area contributed by atoms with Crippen molar-refractivity contribution in [3.63, 3.8) is 0 Å². The van der Waals surface area contributed by atoms with E-state index in [2.05, 4.69) is 34.3 Å². The average molecular weight is 272 g/mol. The van der Waals surface area contributed by atoms with E-state index in [1.165, 1.54) is 11.1 Å². The van der Waals surface area contributed by atoms with Gasteiger partial charge in [0, 0.05) is 12.7 Å². The zero-order valence-corrected chi connectivity index (χ0v) is 11.8. The molecule has 0 spiro atoms. The minimum Gasteiger partial charge on any atom is -0.315 e. The number of hydrogen-bond acceptors (Lipinski definition) is 3. The van der Waals surface area contributed by atoms with Crippen LogP contribution in [0.4, 0.5) is 5.69 Å². The van der Waals surface area contributed by atoms with E-state index in [1.807, 2.05) is 20.2 Å². The number of rotatable bonds is 3. The Hall–Kier alpha value is -1.65. The number of carbonyl (C=O) groups excluding carboxylic acids is 1. The smallest absolute Gasteiger partial charge is 0.231 e. The lowest BCUT2D eigenvalue weighted by Gasteiger charge is -2.17. The molecule has 1 N–H and O–H groups in total. The molecule has 98 valence electrons. The lowest BCUT2D eigenvalue weighted by atomic mass is 9.98. The predicted molar refractivity (Wildman–Crippen MR) is 78.8 cm³/mol. The minimum absolute atomic E-state index is 0.170. The molecule has 1 aromatic carbocycles. The number of nitrogens with zero attached hydrogens (tertiary/aromatic N) is 1. The number of likely N-dealkylation sites (N-methyl/N-ethyl adjacent to an activating group) is 1. The number of thiophene rings is 1. The molecule has 1 aromatic heterocycles. The standard InChI is InChI=1S/C15H16N2OS/c1-16-15(11-5-6-19-9-11)10-3-4-13-12(7-10)8-14(18)17(13)2/h3-7,9,15-16H,8H2,1-2H3. The summed E-state index contributed by atoms with van der Waals surface area (Å²) in [5, 5.41) is 7.59. The Bertz CT molecular complexity index is 607. The highest BCUT2D eigenvalue weighted by molar-refractivity contribution is 7.08. The summed E-state index contributed by atoms with van der Waals surface area (Å²) in [6.45, 7) is 0. The third-order valence-electron chi connectivity index (χ3n) is 3.68. The topological polar surface area (TPSA) is 32.3 Å². The molecule has 1 aliphatic rings. The first-order valence-corrected chi connectivity index (χ1v) is 7.23. The number of nitrogens with one attached hydrogen (secondary N) is 1. The van der Waals surface area contributed by atoms with E-state index < -0.39 is 0 Å². The maximum Gasteiger partial charge on any atom is 0.231 e. The van der Waals surface area contributed by atoms with Crippen LogP contribution in [0.15, 0.2) is 35.0 Å². The summed E-state index contributed by atoms with van der Waals surface area (Å²) in [6.07, 6.45) is 0.514. The van der Waals surface area contributed by atoms with E-state index in [0.29, 0.717) is 6.42 Å². The molecule has 1 amide bonds. The van der Waals surface area contributed by atoms with Crippen molar-refractivity contribution in [3.05, 3.63) is 51.7 Å². The van der Waals surface area contributed by atoms with E-state index in [9.17, 15) is 4.79 Å². The fourth-order valence-electron chi connectivity index (χ4n) is 2.63. The van der Waals surface area contributed by atoms with Crippen molar-refractivity contribution in [2.45, 2.75) is 12.5 Å². The Morgan fingerprint density at radius 2 is 2.16 bits per heavy atom.